The van der Waals surface area contributed by atoms with Crippen LogP contribution in [0.25, 0.3) is 0 Å². The average Bonchev–Trinajstić information content (AvgIpc) is 2.63. The van der Waals surface area contributed by atoms with Crippen molar-refractivity contribution in [1.82, 2.24) is 0 Å². The van der Waals surface area contributed by atoms with Crippen LogP contribution in [0.3, 0.4) is 0 Å². The van der Waals surface area contributed by atoms with Gasteiger partial charge in [0.15, 0.2) is 0 Å². The summed E-state index contributed by atoms with van der Waals surface area (Å²) in [6.45, 7) is 7.17. The second-order valence-electron chi connectivity index (χ2n) is 7.13. The highest BCUT2D eigenvalue weighted by molar-refractivity contribution is 6.87. The summed E-state index contributed by atoms with van der Waals surface area (Å²) in [4.78, 5) is 0. The first-order valence-electron chi connectivity index (χ1n) is 9.58. The summed E-state index contributed by atoms with van der Waals surface area (Å²) in [5, 5.41) is 1.70. The lowest BCUT2D eigenvalue weighted by Crippen LogP contribution is -2.37. The summed E-state index contributed by atoms with van der Waals surface area (Å²) in [6, 6.07) is 14.7. The van der Waals surface area contributed by atoms with E-state index in [1.165, 1.54) is 55.8 Å². The number of alkyl halides is 1. The molecular weight excluding hydrogens is 316 g/mol. The van der Waals surface area contributed by atoms with Gasteiger partial charge >= 0.3 is 0 Å². The molecule has 1 aliphatic rings. The second-order valence-corrected chi connectivity index (χ2v) is 12.8. The lowest BCUT2D eigenvalue weighted by molar-refractivity contribution is 0.418. The molecule has 1 aromatic rings. The lowest BCUT2D eigenvalue weighted by atomic mass is 9.88. The van der Waals surface area contributed by atoms with Crippen molar-refractivity contribution in [1.29, 1.82) is 0 Å². The Morgan fingerprint density at radius 1 is 1.04 bits per heavy atom. The van der Waals surface area contributed by atoms with Gasteiger partial charge in [-0.1, -0.05) is 99.8 Å². The molecule has 23 heavy (non-hydrogen) atoms. The lowest BCUT2D eigenvalue weighted by Gasteiger charge is -2.36. The van der Waals surface area contributed by atoms with Gasteiger partial charge in [-0.15, -0.1) is 11.6 Å². The zero-order chi connectivity index (χ0) is 16.7. The molecule has 0 N–H and O–H groups in total. The number of hydrogen-bond acceptors (Lipinski definition) is 0. The number of halogens is 1. The maximum absolute atomic E-state index is 7.08. The van der Waals surface area contributed by atoms with E-state index < -0.39 is 8.07 Å². The van der Waals surface area contributed by atoms with Gasteiger partial charge in [-0.05, 0) is 24.3 Å². The van der Waals surface area contributed by atoms with Gasteiger partial charge in [0.25, 0.3) is 0 Å². The third-order valence-electron chi connectivity index (χ3n) is 6.07. The summed E-state index contributed by atoms with van der Waals surface area (Å²) < 4.78 is 0. The van der Waals surface area contributed by atoms with Crippen molar-refractivity contribution >= 4 is 19.7 Å². The minimum Gasteiger partial charge on any atom is -0.113 e. The molecule has 2 rings (SSSR count). The van der Waals surface area contributed by atoms with Gasteiger partial charge < -0.3 is 0 Å². The smallest absolute Gasteiger partial charge is 0.0827 e. The predicted octanol–water partition coefficient (Wildman–Crippen LogP) is 7.52. The normalized spacial score (nSPS) is 18.9. The van der Waals surface area contributed by atoms with Crippen LogP contribution in [0.4, 0.5) is 0 Å². The van der Waals surface area contributed by atoms with Crippen molar-refractivity contribution in [3.63, 3.8) is 0 Å². The highest BCUT2D eigenvalue weighted by Gasteiger charge is 2.36. The van der Waals surface area contributed by atoms with Crippen LogP contribution in [0.2, 0.25) is 18.1 Å². The Labute approximate surface area is 149 Å². The van der Waals surface area contributed by atoms with E-state index in [1.807, 2.05) is 0 Å². The third kappa shape index (κ3) is 4.51. The number of hydrogen-bond donors (Lipinski definition) is 0. The van der Waals surface area contributed by atoms with Crippen molar-refractivity contribution in [3.8, 4) is 0 Å². The first kappa shape index (κ1) is 18.8. The van der Waals surface area contributed by atoms with Crippen LogP contribution in [0.1, 0.15) is 63.8 Å². The average molecular weight is 349 g/mol. The van der Waals surface area contributed by atoms with Gasteiger partial charge in [0.2, 0.25) is 0 Å². The fourth-order valence-corrected chi connectivity index (χ4v) is 9.18. The molecule has 0 aliphatic heterocycles. The predicted molar refractivity (Wildman–Crippen MR) is 107 cm³/mol. The molecule has 0 aromatic heterocycles. The van der Waals surface area contributed by atoms with Crippen LogP contribution in [0.5, 0.6) is 0 Å². The largest absolute Gasteiger partial charge is 0.113 e. The van der Waals surface area contributed by atoms with Crippen LogP contribution in [0, 0.1) is 5.92 Å². The van der Waals surface area contributed by atoms with Crippen LogP contribution in [0.15, 0.2) is 41.6 Å². The van der Waals surface area contributed by atoms with Gasteiger partial charge in [-0.25, -0.2) is 0 Å². The second kappa shape index (κ2) is 9.08. The summed E-state index contributed by atoms with van der Waals surface area (Å²) in [7, 11) is -1.45. The molecule has 0 bridgehead atoms. The van der Waals surface area contributed by atoms with Crippen molar-refractivity contribution < 1.29 is 0 Å². The standard InChI is InChI=1S/C21H33ClSi/c1-4-23(5-2,6-3)20(17-18-13-9-7-10-14-18)21(22)19-15-11-8-12-16-19/h8,11-12,15-18,21H,4-7,9-10,13-14H2,1-3H3/b20-17-. The van der Waals surface area contributed by atoms with E-state index in [0.717, 1.165) is 5.92 Å². The number of benzene rings is 1. The van der Waals surface area contributed by atoms with E-state index in [9.17, 15) is 0 Å². The molecule has 0 saturated heterocycles. The molecule has 1 aromatic carbocycles. The zero-order valence-electron chi connectivity index (χ0n) is 15.2. The van der Waals surface area contributed by atoms with Crippen LogP contribution in [-0.2, 0) is 0 Å². The topological polar surface area (TPSA) is 0 Å². The van der Waals surface area contributed by atoms with Crippen LogP contribution < -0.4 is 0 Å². The summed E-state index contributed by atoms with van der Waals surface area (Å²) in [5.74, 6) is 0.764. The Morgan fingerprint density at radius 2 is 1.61 bits per heavy atom. The minimum atomic E-state index is -1.45. The fraction of sp³-hybridized carbons (Fsp3) is 0.619. The first-order valence-corrected chi connectivity index (χ1v) is 12.6. The molecule has 0 spiro atoms. The monoisotopic (exact) mass is 348 g/mol. The molecule has 2 heteroatoms. The molecule has 0 nitrogen and oxygen atoms in total. The molecular formula is C21H33ClSi. The van der Waals surface area contributed by atoms with Gasteiger partial charge in [0.05, 0.1) is 13.5 Å². The van der Waals surface area contributed by atoms with Gasteiger partial charge in [-0.3, -0.25) is 0 Å². The Morgan fingerprint density at radius 3 is 2.13 bits per heavy atom. The molecule has 1 aliphatic carbocycles. The maximum Gasteiger partial charge on any atom is 0.0827 e. The van der Waals surface area contributed by atoms with E-state index in [-0.39, 0.29) is 5.38 Å². The van der Waals surface area contributed by atoms with E-state index >= 15 is 0 Å². The highest BCUT2D eigenvalue weighted by atomic mass is 35.5. The molecule has 128 valence electrons. The quantitative estimate of drug-likeness (QED) is 0.353. The van der Waals surface area contributed by atoms with E-state index in [2.05, 4.69) is 57.2 Å². The Balaban J connectivity index is 2.39. The van der Waals surface area contributed by atoms with E-state index in [0.29, 0.717) is 0 Å². The first-order chi connectivity index (χ1) is 11.2. The van der Waals surface area contributed by atoms with Crippen molar-refractivity contribution in [3.05, 3.63) is 47.2 Å². The van der Waals surface area contributed by atoms with Crippen LogP contribution in [-0.4, -0.2) is 8.07 Å². The highest BCUT2D eigenvalue weighted by Crippen LogP contribution is 2.42. The molecule has 1 fully saturated rings. The molecule has 1 unspecified atom stereocenters. The Bertz CT molecular complexity index is 476. The van der Waals surface area contributed by atoms with Crippen LogP contribution >= 0.6 is 11.6 Å². The van der Waals surface area contributed by atoms with Gasteiger partial charge in [0, 0.05) is 0 Å². The van der Waals surface area contributed by atoms with Gasteiger partial charge in [0.1, 0.15) is 0 Å². The number of rotatable bonds is 7. The zero-order valence-corrected chi connectivity index (χ0v) is 16.9. The summed E-state index contributed by atoms with van der Waals surface area (Å²) >= 11 is 7.08. The Hall–Kier alpha value is -0.533. The van der Waals surface area contributed by atoms with E-state index in [1.54, 1.807) is 5.20 Å². The summed E-state index contributed by atoms with van der Waals surface area (Å²) in [5.41, 5.74) is 1.28. The van der Waals surface area contributed by atoms with Crippen molar-refractivity contribution in [2.75, 3.05) is 0 Å². The SMILES string of the molecule is CC[Si](CC)(CC)/C(=C\C1CCCCC1)C(Cl)c1ccccc1. The molecule has 1 saturated carbocycles. The van der Waals surface area contributed by atoms with Crippen molar-refractivity contribution in [2.24, 2.45) is 5.92 Å². The van der Waals surface area contributed by atoms with E-state index in [4.69, 9.17) is 11.6 Å². The Kier molecular flexibility index (Phi) is 7.42. The third-order valence-corrected chi connectivity index (χ3v) is 12.5. The fourth-order valence-electron chi connectivity index (χ4n) is 4.25. The van der Waals surface area contributed by atoms with Gasteiger partial charge in [-0.2, -0.15) is 0 Å². The minimum absolute atomic E-state index is 0.0737. The molecule has 0 radical (unpaired) electrons. The molecule has 1 atom stereocenters. The molecule has 0 amide bonds. The molecule has 0 heterocycles. The summed E-state index contributed by atoms with van der Waals surface area (Å²) in [6.07, 6.45) is 9.58. The number of allylic oxidation sites excluding steroid dienone is 2. The van der Waals surface area contributed by atoms with Crippen molar-refractivity contribution in [2.45, 2.75) is 76.4 Å². The maximum atomic E-state index is 7.08.